The van der Waals surface area contributed by atoms with E-state index in [0.717, 1.165) is 38.5 Å². The molecule has 9 heteroatoms. The van der Waals surface area contributed by atoms with Gasteiger partial charge in [0.1, 0.15) is 24.4 Å². The third-order valence-electron chi connectivity index (χ3n) is 14.9. The Labute approximate surface area is 444 Å². The summed E-state index contributed by atoms with van der Waals surface area (Å²) in [7, 11) is 0. The second kappa shape index (κ2) is 52.8. The molecule has 0 aromatic carbocycles. The molecule has 9 nitrogen and oxygen atoms in total. The first kappa shape index (κ1) is 68.4. The highest BCUT2D eigenvalue weighted by Gasteiger charge is 2.44. The maximum atomic E-state index is 13.1. The van der Waals surface area contributed by atoms with Gasteiger partial charge in [0, 0.05) is 6.42 Å². The number of nitrogens with one attached hydrogen (secondary N) is 1. The van der Waals surface area contributed by atoms with E-state index in [9.17, 15) is 30.3 Å². The van der Waals surface area contributed by atoms with Crippen LogP contribution in [0.5, 0.6) is 0 Å². The predicted molar refractivity (Wildman–Crippen MR) is 304 cm³/mol. The number of ether oxygens (including phenoxy) is 2. The van der Waals surface area contributed by atoms with Crippen molar-refractivity contribution in [3.63, 3.8) is 0 Å². The van der Waals surface area contributed by atoms with Gasteiger partial charge in [0.05, 0.1) is 25.4 Å². The van der Waals surface area contributed by atoms with Gasteiger partial charge in [-0.15, -0.1) is 0 Å². The van der Waals surface area contributed by atoms with Crippen LogP contribution in [0.25, 0.3) is 0 Å². The highest BCUT2D eigenvalue weighted by Crippen LogP contribution is 2.23. The molecule has 1 aliphatic heterocycles. The topological polar surface area (TPSA) is 149 Å². The number of hydrogen-bond donors (Lipinski definition) is 6. The first-order valence-electron chi connectivity index (χ1n) is 31.2. The molecule has 0 aromatic rings. The minimum Gasteiger partial charge on any atom is -0.394 e. The van der Waals surface area contributed by atoms with Crippen molar-refractivity contribution >= 4 is 5.91 Å². The summed E-state index contributed by atoms with van der Waals surface area (Å²) in [5, 5.41) is 54.6. The predicted octanol–water partition coefficient (Wildman–Crippen LogP) is 15.9. The minimum absolute atomic E-state index is 0.183. The quantitative estimate of drug-likeness (QED) is 0.0261. The van der Waals surface area contributed by atoms with Crippen molar-refractivity contribution in [2.24, 2.45) is 0 Å². The van der Waals surface area contributed by atoms with E-state index in [2.05, 4.69) is 43.5 Å². The number of amides is 1. The molecule has 72 heavy (non-hydrogen) atoms. The van der Waals surface area contributed by atoms with Gasteiger partial charge in [-0.25, -0.2) is 0 Å². The Morgan fingerprint density at radius 1 is 0.458 bits per heavy atom. The highest BCUT2D eigenvalue weighted by atomic mass is 16.7. The summed E-state index contributed by atoms with van der Waals surface area (Å²) < 4.78 is 11.3. The van der Waals surface area contributed by atoms with Crippen molar-refractivity contribution in [3.05, 3.63) is 36.5 Å². The summed E-state index contributed by atoms with van der Waals surface area (Å²) in [6.45, 7) is 3.80. The molecule has 1 saturated heterocycles. The van der Waals surface area contributed by atoms with Gasteiger partial charge in [-0.1, -0.05) is 275 Å². The molecule has 7 atom stereocenters. The lowest BCUT2D eigenvalue weighted by Crippen LogP contribution is -2.60. The van der Waals surface area contributed by atoms with E-state index in [0.29, 0.717) is 6.42 Å². The molecule has 1 fully saturated rings. The Hall–Kier alpha value is -1.59. The third kappa shape index (κ3) is 41.6. The lowest BCUT2D eigenvalue weighted by Gasteiger charge is -2.40. The van der Waals surface area contributed by atoms with E-state index in [4.69, 9.17) is 9.47 Å². The Balaban J connectivity index is 2.20. The molecular formula is C63H119NO8. The van der Waals surface area contributed by atoms with Crippen LogP contribution in [0, 0.1) is 0 Å². The van der Waals surface area contributed by atoms with E-state index in [1.54, 1.807) is 6.08 Å². The minimum atomic E-state index is -1.57. The zero-order chi connectivity index (χ0) is 52.2. The van der Waals surface area contributed by atoms with Crippen LogP contribution in [0.1, 0.15) is 303 Å². The van der Waals surface area contributed by atoms with Crippen LogP contribution in [-0.4, -0.2) is 87.5 Å². The Morgan fingerprint density at radius 3 is 1.17 bits per heavy atom. The largest absolute Gasteiger partial charge is 0.394 e. The summed E-state index contributed by atoms with van der Waals surface area (Å²) in [5.41, 5.74) is 0. The molecule has 1 rings (SSSR count). The summed E-state index contributed by atoms with van der Waals surface area (Å²) in [4.78, 5) is 13.1. The number of unbranched alkanes of at least 4 members (excludes halogenated alkanes) is 40. The molecule has 0 radical (unpaired) electrons. The maximum Gasteiger partial charge on any atom is 0.220 e. The van der Waals surface area contributed by atoms with E-state index < -0.39 is 49.5 Å². The molecule has 7 unspecified atom stereocenters. The van der Waals surface area contributed by atoms with Crippen molar-refractivity contribution in [3.8, 4) is 0 Å². The Bertz CT molecular complexity index is 1230. The second-order valence-electron chi connectivity index (χ2n) is 21.8. The van der Waals surface area contributed by atoms with Crippen LogP contribution in [0.2, 0.25) is 0 Å². The number of carbonyl (C=O) groups is 1. The number of carbonyl (C=O) groups excluding carboxylic acids is 1. The molecule has 1 amide bonds. The van der Waals surface area contributed by atoms with Gasteiger partial charge in [-0.2, -0.15) is 0 Å². The van der Waals surface area contributed by atoms with Gasteiger partial charge >= 0.3 is 0 Å². The summed E-state index contributed by atoms with van der Waals surface area (Å²) in [5.74, 6) is -0.183. The number of aliphatic hydroxyl groups excluding tert-OH is 5. The van der Waals surface area contributed by atoms with Crippen LogP contribution in [0.15, 0.2) is 36.5 Å². The smallest absolute Gasteiger partial charge is 0.220 e. The van der Waals surface area contributed by atoms with Gasteiger partial charge in [0.2, 0.25) is 5.91 Å². The first-order chi connectivity index (χ1) is 35.3. The van der Waals surface area contributed by atoms with Crippen LogP contribution in [-0.2, 0) is 14.3 Å². The van der Waals surface area contributed by atoms with Crippen molar-refractivity contribution in [1.82, 2.24) is 5.32 Å². The van der Waals surface area contributed by atoms with E-state index in [1.165, 1.54) is 244 Å². The van der Waals surface area contributed by atoms with E-state index >= 15 is 0 Å². The Kier molecular flexibility index (Phi) is 50.2. The fraction of sp³-hybridized carbons (Fsp3) is 0.889. The molecule has 1 aliphatic rings. The van der Waals surface area contributed by atoms with Crippen molar-refractivity contribution < 1.29 is 39.8 Å². The number of allylic oxidation sites excluding steroid dienone is 5. The lowest BCUT2D eigenvalue weighted by atomic mass is 9.99. The lowest BCUT2D eigenvalue weighted by molar-refractivity contribution is -0.302. The maximum absolute atomic E-state index is 13.1. The fourth-order valence-electron chi connectivity index (χ4n) is 9.99. The van der Waals surface area contributed by atoms with Gasteiger partial charge in [0.15, 0.2) is 6.29 Å². The monoisotopic (exact) mass is 1020 g/mol. The second-order valence-corrected chi connectivity index (χ2v) is 21.8. The molecule has 424 valence electrons. The van der Waals surface area contributed by atoms with E-state index in [1.807, 2.05) is 6.08 Å². The molecule has 0 spiro atoms. The molecule has 6 N–H and O–H groups in total. The average Bonchev–Trinajstić information content (AvgIpc) is 3.38. The normalized spacial score (nSPS) is 19.3. The standard InChI is InChI=1S/C63H119NO8/c1-3-5-7-9-11-13-15-17-19-21-23-25-27-28-29-30-31-33-35-37-39-41-43-45-47-49-51-53-59(67)64-56(55-71-63-62(70)61(69)60(68)58(54-65)72-63)57(66)52-50-48-46-44-42-40-38-36-34-32-26-24-22-20-18-16-14-12-10-8-6-4-2/h28-29,42,44,50,52,56-58,60-63,65-66,68-70H,3-27,30-41,43,45-49,51,53-55H2,1-2H3,(H,64,67)/b29-28-,44-42+,52-50+. The summed E-state index contributed by atoms with van der Waals surface area (Å²) in [6, 6.07) is -0.822. The van der Waals surface area contributed by atoms with Gasteiger partial charge in [-0.05, 0) is 57.8 Å². The average molecular weight is 1020 g/mol. The molecule has 0 bridgehead atoms. The van der Waals surface area contributed by atoms with Gasteiger partial charge in [0.25, 0.3) is 0 Å². The zero-order valence-electron chi connectivity index (χ0n) is 47.2. The van der Waals surface area contributed by atoms with Crippen LogP contribution < -0.4 is 5.32 Å². The van der Waals surface area contributed by atoms with Crippen molar-refractivity contribution in [2.45, 2.75) is 346 Å². The zero-order valence-corrected chi connectivity index (χ0v) is 47.2. The SMILES string of the molecule is CCCCCCCCCCCCCC/C=C\CCCCCCCCCCCCCC(=O)NC(COC1OC(CO)C(O)C(O)C1O)C(O)/C=C/CC/C=C/CCCCCCCCCCCCCCCCCC. The van der Waals surface area contributed by atoms with Crippen LogP contribution in [0.3, 0.4) is 0 Å². The number of rotatable bonds is 54. The molecular weight excluding hydrogens is 899 g/mol. The number of hydrogen-bond acceptors (Lipinski definition) is 8. The van der Waals surface area contributed by atoms with Gasteiger partial charge < -0.3 is 40.3 Å². The Morgan fingerprint density at radius 2 is 0.792 bits per heavy atom. The third-order valence-corrected chi connectivity index (χ3v) is 14.9. The molecule has 1 heterocycles. The first-order valence-corrected chi connectivity index (χ1v) is 31.2. The van der Waals surface area contributed by atoms with Crippen LogP contribution in [0.4, 0.5) is 0 Å². The highest BCUT2D eigenvalue weighted by molar-refractivity contribution is 5.76. The molecule has 0 aliphatic carbocycles. The molecule has 0 saturated carbocycles. The molecule has 0 aromatic heterocycles. The van der Waals surface area contributed by atoms with Crippen molar-refractivity contribution in [2.75, 3.05) is 13.2 Å². The van der Waals surface area contributed by atoms with E-state index in [-0.39, 0.29) is 12.5 Å². The summed E-state index contributed by atoms with van der Waals surface area (Å²) >= 11 is 0. The summed E-state index contributed by atoms with van der Waals surface area (Å²) in [6.07, 6.45) is 62.3. The number of aliphatic hydroxyl groups is 5. The van der Waals surface area contributed by atoms with Crippen molar-refractivity contribution in [1.29, 1.82) is 0 Å². The van der Waals surface area contributed by atoms with Crippen LogP contribution >= 0.6 is 0 Å². The van der Waals surface area contributed by atoms with Gasteiger partial charge in [-0.3, -0.25) is 4.79 Å². The fourth-order valence-corrected chi connectivity index (χ4v) is 9.99.